The van der Waals surface area contributed by atoms with Gasteiger partial charge in [0.05, 0.1) is 0 Å². The molecule has 0 bridgehead atoms. The first-order valence-electron chi connectivity index (χ1n) is 3.27. The highest BCUT2D eigenvalue weighted by Gasteiger charge is 2.44. The second kappa shape index (κ2) is 1.94. The van der Waals surface area contributed by atoms with E-state index in [0.29, 0.717) is 12.6 Å². The molecule has 2 aliphatic rings. The van der Waals surface area contributed by atoms with Crippen molar-refractivity contribution in [2.24, 2.45) is 16.6 Å². The van der Waals surface area contributed by atoms with Gasteiger partial charge in [0, 0.05) is 7.05 Å². The number of fused-ring (bicyclic) bond motifs is 1. The molecule has 1 radical (unpaired) electrons. The van der Waals surface area contributed by atoms with Crippen molar-refractivity contribution in [2.75, 3.05) is 13.7 Å². The number of nitrogens with two attached hydrogens (primary N) is 2. The predicted molar refractivity (Wildman–Crippen MR) is 40.5 cm³/mol. The number of aliphatic imine (C=N–C) groups is 1. The largest absolute Gasteiger partial charge is 0.358 e. The Hall–Kier alpha value is -1.11. The van der Waals surface area contributed by atoms with Crippen molar-refractivity contribution < 1.29 is 0 Å². The van der Waals surface area contributed by atoms with Gasteiger partial charge in [0.15, 0.2) is 0 Å². The quantitative estimate of drug-likeness (QED) is 0.320. The van der Waals surface area contributed by atoms with Crippen molar-refractivity contribution in [3.05, 3.63) is 12.0 Å². The average Bonchev–Trinajstić information content (AvgIpc) is 2.43. The van der Waals surface area contributed by atoms with Gasteiger partial charge in [-0.2, -0.15) is 10.1 Å². The summed E-state index contributed by atoms with van der Waals surface area (Å²) < 4.78 is 0. The van der Waals surface area contributed by atoms with Gasteiger partial charge in [-0.05, 0) is 4.90 Å². The van der Waals surface area contributed by atoms with Crippen LogP contribution in [0, 0.1) is 0 Å². The molecule has 1 fully saturated rings. The van der Waals surface area contributed by atoms with Gasteiger partial charge >= 0.3 is 11.8 Å². The van der Waals surface area contributed by atoms with Gasteiger partial charge in [-0.25, -0.2) is 5.84 Å². The van der Waals surface area contributed by atoms with Crippen molar-refractivity contribution in [3.8, 4) is 0 Å². The van der Waals surface area contributed by atoms with Crippen LogP contribution in [0.25, 0.3) is 0 Å². The van der Waals surface area contributed by atoms with Crippen LogP contribution in [0.2, 0.25) is 0 Å². The molecular formula is C5H10N6+. The van der Waals surface area contributed by atoms with Gasteiger partial charge in [0.25, 0.3) is 0 Å². The van der Waals surface area contributed by atoms with E-state index in [1.807, 2.05) is 17.0 Å². The molecule has 59 valence electrons. The van der Waals surface area contributed by atoms with Crippen molar-refractivity contribution in [2.45, 2.75) is 0 Å². The lowest BCUT2D eigenvalue weighted by atomic mass is 10.7. The fourth-order valence-corrected chi connectivity index (χ4v) is 1.16. The Kier molecular flexibility index (Phi) is 1.16. The van der Waals surface area contributed by atoms with E-state index < -0.39 is 0 Å². The molecule has 1 saturated heterocycles. The molecule has 0 aromatic heterocycles. The Morgan fingerprint density at radius 1 is 1.73 bits per heavy atom. The van der Waals surface area contributed by atoms with Gasteiger partial charge in [-0.3, -0.25) is 0 Å². The maximum Gasteiger partial charge on any atom is 0.358 e. The highest BCUT2D eigenvalue weighted by Crippen LogP contribution is 2.18. The zero-order chi connectivity index (χ0) is 8.01. The molecule has 2 heterocycles. The predicted octanol–water partition coefficient (Wildman–Crippen LogP) is -1.75. The van der Waals surface area contributed by atoms with Crippen LogP contribution in [0.1, 0.15) is 0 Å². The SMILES string of the molecule is CN1C[N+]2C(=CN=C2N)N1N. The minimum Gasteiger partial charge on any atom is -0.333 e. The Morgan fingerprint density at radius 2 is 2.45 bits per heavy atom. The Balaban J connectivity index is 2.27. The van der Waals surface area contributed by atoms with E-state index in [1.54, 1.807) is 6.20 Å². The van der Waals surface area contributed by atoms with Crippen LogP contribution in [0.4, 0.5) is 0 Å². The summed E-state index contributed by atoms with van der Waals surface area (Å²) in [5, 5.41) is 3.36. The highest BCUT2D eigenvalue weighted by atomic mass is 15.8. The second-order valence-corrected chi connectivity index (χ2v) is 2.55. The lowest BCUT2D eigenvalue weighted by Gasteiger charge is -2.12. The number of rotatable bonds is 0. The zero-order valence-corrected chi connectivity index (χ0v) is 6.23. The molecule has 0 aromatic carbocycles. The van der Waals surface area contributed by atoms with E-state index in [9.17, 15) is 0 Å². The lowest BCUT2D eigenvalue weighted by molar-refractivity contribution is 0.0811. The van der Waals surface area contributed by atoms with Gasteiger partial charge in [0.2, 0.25) is 6.67 Å². The first-order valence-corrected chi connectivity index (χ1v) is 3.27. The molecule has 2 aliphatic heterocycles. The third-order valence-electron chi connectivity index (χ3n) is 1.81. The minimum atomic E-state index is 0.500. The van der Waals surface area contributed by atoms with Crippen molar-refractivity contribution in [3.63, 3.8) is 0 Å². The zero-order valence-electron chi connectivity index (χ0n) is 6.23. The average molecular weight is 154 g/mol. The number of hydrogen-bond donors (Lipinski definition) is 2. The molecule has 0 spiro atoms. The van der Waals surface area contributed by atoms with Crippen LogP contribution < -0.4 is 16.5 Å². The molecule has 6 heteroatoms. The second-order valence-electron chi connectivity index (χ2n) is 2.55. The number of guanidine groups is 1. The summed E-state index contributed by atoms with van der Waals surface area (Å²) in [6.45, 7) is 0.664. The fourth-order valence-electron chi connectivity index (χ4n) is 1.16. The van der Waals surface area contributed by atoms with Crippen molar-refractivity contribution in [1.82, 2.24) is 15.0 Å². The maximum absolute atomic E-state index is 5.65. The molecule has 0 unspecified atom stereocenters. The minimum absolute atomic E-state index is 0.500. The lowest BCUT2D eigenvalue weighted by Crippen LogP contribution is -2.38. The summed E-state index contributed by atoms with van der Waals surface area (Å²) in [5.74, 6) is 6.97. The fraction of sp³-hybridized carbons (Fsp3) is 0.400. The Morgan fingerprint density at radius 3 is 3.09 bits per heavy atom. The van der Waals surface area contributed by atoms with Crippen LogP contribution in [-0.2, 0) is 0 Å². The first kappa shape index (κ1) is 6.59. The van der Waals surface area contributed by atoms with Crippen molar-refractivity contribution in [1.29, 1.82) is 0 Å². The van der Waals surface area contributed by atoms with Crippen LogP contribution in [0.5, 0.6) is 0 Å². The number of hydrazine groups is 2. The van der Waals surface area contributed by atoms with Crippen molar-refractivity contribution >= 4 is 5.96 Å². The molecule has 2 rings (SSSR count). The van der Waals surface area contributed by atoms with E-state index in [0.717, 1.165) is 5.82 Å². The van der Waals surface area contributed by atoms with Crippen LogP contribution in [-0.4, -0.2) is 29.8 Å². The molecule has 0 aliphatic carbocycles. The smallest absolute Gasteiger partial charge is 0.333 e. The van der Waals surface area contributed by atoms with Crippen LogP contribution >= 0.6 is 0 Å². The Bertz CT molecular complexity index is 243. The summed E-state index contributed by atoms with van der Waals surface area (Å²) in [5.41, 5.74) is 5.56. The molecule has 0 amide bonds. The monoisotopic (exact) mass is 154 g/mol. The molecule has 11 heavy (non-hydrogen) atoms. The van der Waals surface area contributed by atoms with Gasteiger partial charge in [0.1, 0.15) is 6.20 Å². The van der Waals surface area contributed by atoms with E-state index in [2.05, 4.69) is 4.99 Å². The summed E-state index contributed by atoms with van der Waals surface area (Å²) >= 11 is 0. The highest BCUT2D eigenvalue weighted by molar-refractivity contribution is 5.85. The molecule has 0 saturated carbocycles. The van der Waals surface area contributed by atoms with E-state index in [1.165, 1.54) is 5.12 Å². The van der Waals surface area contributed by atoms with Gasteiger partial charge < -0.3 is 5.73 Å². The normalized spacial score (nSPS) is 25.5. The summed E-state index contributed by atoms with van der Waals surface area (Å²) in [7, 11) is 1.88. The third-order valence-corrected chi connectivity index (χ3v) is 1.81. The number of nitrogens with zero attached hydrogens (tertiary/aromatic N) is 4. The standard InChI is InChI=1S/C5H10N6/c1-9-3-10-4(11(9)7)2-8-5(10)6/h2H,3,7H2,1H3,(H2,6,8)/q+1. The molecule has 0 aromatic rings. The van der Waals surface area contributed by atoms with Gasteiger partial charge in [-0.1, -0.05) is 0 Å². The van der Waals surface area contributed by atoms with E-state index in [4.69, 9.17) is 11.6 Å². The summed E-state index contributed by atoms with van der Waals surface area (Å²) in [4.78, 5) is 5.75. The van der Waals surface area contributed by atoms with Crippen LogP contribution in [0.15, 0.2) is 17.0 Å². The van der Waals surface area contributed by atoms with Gasteiger partial charge in [-0.15, -0.1) is 5.01 Å². The summed E-state index contributed by atoms with van der Waals surface area (Å²) in [6, 6.07) is 0. The maximum atomic E-state index is 5.65. The molecule has 6 nitrogen and oxygen atoms in total. The summed E-state index contributed by atoms with van der Waals surface area (Å²) in [6.07, 6.45) is 1.65. The van der Waals surface area contributed by atoms with E-state index >= 15 is 0 Å². The molecule has 4 N–H and O–H groups in total. The molecule has 0 atom stereocenters. The third kappa shape index (κ3) is 0.739. The number of hydrogen-bond acceptors (Lipinski definition) is 6. The van der Waals surface area contributed by atoms with E-state index in [-0.39, 0.29) is 0 Å². The van der Waals surface area contributed by atoms with Crippen LogP contribution in [0.3, 0.4) is 0 Å². The topological polar surface area (TPSA) is 76.8 Å². The Labute approximate surface area is 64.3 Å². The first-order chi connectivity index (χ1) is 5.20. The molecular weight excluding hydrogens is 144 g/mol.